The average molecular weight is 503 g/mol. The summed E-state index contributed by atoms with van der Waals surface area (Å²) in [5, 5.41) is 9.63. The Balaban J connectivity index is 1.67. The first-order chi connectivity index (χ1) is 16.7. The summed E-state index contributed by atoms with van der Waals surface area (Å²) in [5.74, 6) is -1.70. The highest BCUT2D eigenvalue weighted by atomic mass is 32.2. The summed E-state index contributed by atoms with van der Waals surface area (Å²) in [5.41, 5.74) is 0.858. The van der Waals surface area contributed by atoms with Crippen LogP contribution in [0.4, 0.5) is 10.2 Å². The van der Waals surface area contributed by atoms with E-state index in [0.29, 0.717) is 50.2 Å². The topological polar surface area (TPSA) is 129 Å². The Bertz CT molecular complexity index is 1230. The van der Waals surface area contributed by atoms with Crippen molar-refractivity contribution in [1.82, 2.24) is 9.71 Å². The van der Waals surface area contributed by atoms with E-state index in [4.69, 9.17) is 4.74 Å². The number of ketones is 1. The predicted octanol–water partition coefficient (Wildman–Crippen LogP) is 2.95. The number of sulfonamides is 1. The third-order valence-corrected chi connectivity index (χ3v) is 6.98. The first kappa shape index (κ1) is 26.1. The van der Waals surface area contributed by atoms with Crippen molar-refractivity contribution in [3.05, 3.63) is 52.8 Å². The standard InChI is InChI=1S/C24H27FN4O5S/c1-3-4-21(30)20-13-18(14-26)22(27-24(20)34-2)29-11-9-17(10-12-29)23(31)28-35(32,33)15-16-5-7-19(25)8-6-16/h5-8,13,17H,3-4,9-12,15H2,1-2H3,(H,28,31). The van der Waals surface area contributed by atoms with Crippen LogP contribution in [0.15, 0.2) is 30.3 Å². The number of pyridine rings is 1. The van der Waals surface area contributed by atoms with Gasteiger partial charge in [0.05, 0.1) is 24.0 Å². The van der Waals surface area contributed by atoms with E-state index in [1.165, 1.54) is 25.3 Å². The molecular formula is C24H27FN4O5S. The Morgan fingerprint density at radius 2 is 1.91 bits per heavy atom. The summed E-state index contributed by atoms with van der Waals surface area (Å²) in [6.45, 7) is 2.61. The summed E-state index contributed by atoms with van der Waals surface area (Å²) in [6, 6.07) is 8.59. The maximum atomic E-state index is 13.0. The number of amides is 1. The largest absolute Gasteiger partial charge is 0.480 e. The number of benzene rings is 1. The van der Waals surface area contributed by atoms with Gasteiger partial charge in [-0.15, -0.1) is 0 Å². The van der Waals surface area contributed by atoms with E-state index in [1.54, 1.807) is 0 Å². The van der Waals surface area contributed by atoms with Gasteiger partial charge in [-0.1, -0.05) is 19.1 Å². The van der Waals surface area contributed by atoms with Crippen molar-refractivity contribution in [2.24, 2.45) is 5.92 Å². The van der Waals surface area contributed by atoms with Gasteiger partial charge >= 0.3 is 0 Å². The maximum Gasteiger partial charge on any atom is 0.239 e. The van der Waals surface area contributed by atoms with Crippen LogP contribution in [0.5, 0.6) is 5.88 Å². The number of anilines is 1. The first-order valence-electron chi connectivity index (χ1n) is 11.2. The molecule has 9 nitrogen and oxygen atoms in total. The maximum absolute atomic E-state index is 13.0. The number of carbonyl (C=O) groups excluding carboxylic acids is 2. The third-order valence-electron chi connectivity index (χ3n) is 5.75. The molecule has 0 spiro atoms. The molecule has 0 atom stereocenters. The lowest BCUT2D eigenvalue weighted by atomic mass is 9.96. The SMILES string of the molecule is CCCC(=O)c1cc(C#N)c(N2CCC(C(=O)NS(=O)(=O)Cc3ccc(F)cc3)CC2)nc1OC. The minimum atomic E-state index is -3.94. The van der Waals surface area contributed by atoms with Gasteiger partial charge in [0, 0.05) is 25.4 Å². The zero-order valence-electron chi connectivity index (χ0n) is 19.6. The molecule has 1 saturated heterocycles. The number of halogens is 1. The number of nitrogens with zero attached hydrogens (tertiary/aromatic N) is 3. The molecule has 0 unspecified atom stereocenters. The van der Waals surface area contributed by atoms with E-state index in [9.17, 15) is 27.7 Å². The Morgan fingerprint density at radius 3 is 2.49 bits per heavy atom. The minimum Gasteiger partial charge on any atom is -0.480 e. The summed E-state index contributed by atoms with van der Waals surface area (Å²) < 4.78 is 45.2. The van der Waals surface area contributed by atoms with Gasteiger partial charge in [-0.2, -0.15) is 10.2 Å². The van der Waals surface area contributed by atoms with Gasteiger partial charge < -0.3 is 9.64 Å². The molecule has 0 aliphatic carbocycles. The number of Topliss-reactive ketones (excluding diaryl/α,β-unsaturated/α-hetero) is 1. The number of hydrogen-bond acceptors (Lipinski definition) is 8. The van der Waals surface area contributed by atoms with Gasteiger partial charge in [0.15, 0.2) is 11.6 Å². The fraction of sp³-hybridized carbons (Fsp3) is 0.417. The molecule has 1 aliphatic heterocycles. The van der Waals surface area contributed by atoms with Gasteiger partial charge in [0.25, 0.3) is 0 Å². The van der Waals surface area contributed by atoms with Crippen LogP contribution >= 0.6 is 0 Å². The van der Waals surface area contributed by atoms with Gasteiger partial charge in [0.1, 0.15) is 11.9 Å². The van der Waals surface area contributed by atoms with E-state index in [2.05, 4.69) is 15.8 Å². The highest BCUT2D eigenvalue weighted by Gasteiger charge is 2.30. The molecule has 0 bridgehead atoms. The van der Waals surface area contributed by atoms with Crippen molar-refractivity contribution in [2.45, 2.75) is 38.4 Å². The highest BCUT2D eigenvalue weighted by Crippen LogP contribution is 2.30. The second-order valence-corrected chi connectivity index (χ2v) is 10.0. The van der Waals surface area contributed by atoms with Crippen molar-refractivity contribution < 1.29 is 27.1 Å². The highest BCUT2D eigenvalue weighted by molar-refractivity contribution is 7.89. The number of hydrogen-bond donors (Lipinski definition) is 1. The monoisotopic (exact) mass is 502 g/mol. The number of methoxy groups -OCH3 is 1. The number of nitrogens with one attached hydrogen (secondary N) is 1. The number of ether oxygens (including phenoxy) is 1. The quantitative estimate of drug-likeness (QED) is 0.518. The zero-order chi connectivity index (χ0) is 25.6. The number of aromatic nitrogens is 1. The van der Waals surface area contributed by atoms with Crippen LogP contribution in [0.25, 0.3) is 0 Å². The smallest absolute Gasteiger partial charge is 0.239 e. The Hall–Kier alpha value is -3.52. The Labute approximate surface area is 204 Å². The molecular weight excluding hydrogens is 475 g/mol. The van der Waals surface area contributed by atoms with Gasteiger partial charge in [-0.3, -0.25) is 14.3 Å². The molecule has 11 heteroatoms. The zero-order valence-corrected chi connectivity index (χ0v) is 20.4. The number of rotatable bonds is 9. The molecule has 2 heterocycles. The summed E-state index contributed by atoms with van der Waals surface area (Å²) in [6.07, 6.45) is 1.67. The molecule has 35 heavy (non-hydrogen) atoms. The second-order valence-electron chi connectivity index (χ2n) is 8.31. The second kappa shape index (κ2) is 11.3. The van der Waals surface area contributed by atoms with Crippen LogP contribution in [0.1, 0.15) is 54.1 Å². The summed E-state index contributed by atoms with van der Waals surface area (Å²) in [7, 11) is -2.53. The van der Waals surface area contributed by atoms with Crippen LogP contribution in [0, 0.1) is 23.1 Å². The molecule has 1 aromatic heterocycles. The van der Waals surface area contributed by atoms with Gasteiger partial charge in [0.2, 0.25) is 21.8 Å². The van der Waals surface area contributed by atoms with Crippen LogP contribution in [-0.4, -0.2) is 45.3 Å². The van der Waals surface area contributed by atoms with Gasteiger partial charge in [-0.05, 0) is 43.0 Å². The fourth-order valence-corrected chi connectivity index (χ4v) is 5.13. The molecule has 1 aromatic carbocycles. The molecule has 1 aliphatic rings. The van der Waals surface area contributed by atoms with Crippen molar-refractivity contribution in [1.29, 1.82) is 5.26 Å². The Morgan fingerprint density at radius 1 is 1.26 bits per heavy atom. The van der Waals surface area contributed by atoms with E-state index < -0.39 is 33.4 Å². The fourth-order valence-electron chi connectivity index (χ4n) is 3.95. The van der Waals surface area contributed by atoms with E-state index in [0.717, 1.165) is 12.1 Å². The van der Waals surface area contributed by atoms with E-state index in [-0.39, 0.29) is 22.8 Å². The normalized spacial score (nSPS) is 14.3. The van der Waals surface area contributed by atoms with Crippen molar-refractivity contribution in [3.63, 3.8) is 0 Å². The number of piperidine rings is 1. The molecule has 1 N–H and O–H groups in total. The van der Waals surface area contributed by atoms with Crippen LogP contribution in [0.2, 0.25) is 0 Å². The lowest BCUT2D eigenvalue weighted by molar-refractivity contribution is -0.123. The molecule has 1 fully saturated rings. The lowest BCUT2D eigenvalue weighted by Crippen LogP contribution is -2.43. The molecule has 1 amide bonds. The van der Waals surface area contributed by atoms with Gasteiger partial charge in [-0.25, -0.2) is 12.8 Å². The predicted molar refractivity (Wildman–Crippen MR) is 127 cm³/mol. The van der Waals surface area contributed by atoms with Crippen molar-refractivity contribution in [3.8, 4) is 11.9 Å². The Kier molecular flexibility index (Phi) is 8.40. The van der Waals surface area contributed by atoms with Crippen LogP contribution in [-0.2, 0) is 20.6 Å². The number of carbonyl (C=O) groups is 2. The summed E-state index contributed by atoms with van der Waals surface area (Å²) >= 11 is 0. The first-order valence-corrected chi connectivity index (χ1v) is 12.9. The lowest BCUT2D eigenvalue weighted by Gasteiger charge is -2.32. The average Bonchev–Trinajstić information content (AvgIpc) is 2.84. The van der Waals surface area contributed by atoms with Crippen molar-refractivity contribution in [2.75, 3.05) is 25.1 Å². The molecule has 3 rings (SSSR count). The third kappa shape index (κ3) is 6.54. The molecule has 2 aromatic rings. The van der Waals surface area contributed by atoms with E-state index in [1.807, 2.05) is 11.8 Å². The van der Waals surface area contributed by atoms with E-state index >= 15 is 0 Å². The molecule has 0 saturated carbocycles. The molecule has 0 radical (unpaired) electrons. The molecule has 186 valence electrons. The van der Waals surface area contributed by atoms with Crippen LogP contribution in [0.3, 0.4) is 0 Å². The number of nitriles is 1. The minimum absolute atomic E-state index is 0.143. The van der Waals surface area contributed by atoms with Crippen molar-refractivity contribution >= 4 is 27.5 Å². The van der Waals surface area contributed by atoms with Crippen LogP contribution < -0.4 is 14.4 Å². The summed E-state index contributed by atoms with van der Waals surface area (Å²) in [4.78, 5) is 31.2.